The number of pyridine rings is 1. The Kier molecular flexibility index (Phi) is 7.13. The Morgan fingerprint density at radius 2 is 1.97 bits per heavy atom. The van der Waals surface area contributed by atoms with E-state index in [1.807, 2.05) is 12.3 Å². The van der Waals surface area contributed by atoms with Crippen molar-refractivity contribution < 1.29 is 17.9 Å². The highest BCUT2D eigenvalue weighted by molar-refractivity contribution is 7.90. The first-order chi connectivity index (χ1) is 18.3. The summed E-state index contributed by atoms with van der Waals surface area (Å²) in [5.74, 6) is 1.77. The molecule has 2 aliphatic rings. The van der Waals surface area contributed by atoms with Crippen molar-refractivity contribution in [2.24, 2.45) is 5.92 Å². The lowest BCUT2D eigenvalue weighted by molar-refractivity contribution is -0.0332. The molecule has 0 bridgehead atoms. The van der Waals surface area contributed by atoms with Gasteiger partial charge in [0, 0.05) is 48.6 Å². The van der Waals surface area contributed by atoms with E-state index < -0.39 is 21.6 Å². The van der Waals surface area contributed by atoms with Crippen LogP contribution in [0.15, 0.2) is 30.7 Å². The number of nitrogens with one attached hydrogen (secondary N) is 1. The number of sulfone groups is 1. The summed E-state index contributed by atoms with van der Waals surface area (Å²) in [6.45, 7) is 8.98. The van der Waals surface area contributed by atoms with E-state index in [0.717, 1.165) is 16.5 Å². The van der Waals surface area contributed by atoms with Gasteiger partial charge in [0.25, 0.3) is 0 Å². The van der Waals surface area contributed by atoms with E-state index in [9.17, 15) is 17.9 Å². The highest BCUT2D eigenvalue weighted by atomic mass is 32.2. The van der Waals surface area contributed by atoms with E-state index in [2.05, 4.69) is 63.1 Å². The van der Waals surface area contributed by atoms with Crippen LogP contribution in [0.2, 0.25) is 0 Å². The van der Waals surface area contributed by atoms with Gasteiger partial charge in [0.05, 0.1) is 17.9 Å². The summed E-state index contributed by atoms with van der Waals surface area (Å²) in [5, 5.41) is 15.4. The molecule has 2 aromatic heterocycles. The molecule has 2 saturated heterocycles. The van der Waals surface area contributed by atoms with Crippen LogP contribution in [0, 0.1) is 5.92 Å². The quantitative estimate of drug-likeness (QED) is 0.446. The molecule has 0 radical (unpaired) electrons. The van der Waals surface area contributed by atoms with Crippen LogP contribution in [0.5, 0.6) is 0 Å². The number of hydrogen-bond acceptors (Lipinski definition) is 10. The zero-order valence-corrected chi connectivity index (χ0v) is 23.8. The molecule has 4 heterocycles. The predicted octanol–water partition coefficient (Wildman–Crippen LogP) is 3.46. The summed E-state index contributed by atoms with van der Waals surface area (Å²) < 4.78 is 38.0. The van der Waals surface area contributed by atoms with Gasteiger partial charge in [-0.25, -0.2) is 27.8 Å². The third kappa shape index (κ3) is 5.62. The summed E-state index contributed by atoms with van der Waals surface area (Å²) in [7, 11) is -3.03. The first kappa shape index (κ1) is 27.4. The number of rotatable bonds is 7. The van der Waals surface area contributed by atoms with Crippen molar-refractivity contribution in [3.63, 3.8) is 0 Å². The molecule has 2 aliphatic heterocycles. The van der Waals surface area contributed by atoms with Gasteiger partial charge in [-0.2, -0.15) is 4.98 Å². The zero-order valence-electron chi connectivity index (χ0n) is 23.0. The molecule has 2 N–H and O–H groups in total. The second-order valence-corrected chi connectivity index (χ2v) is 13.6. The lowest BCUT2D eigenvalue weighted by Gasteiger charge is -2.48. The highest BCUT2D eigenvalue weighted by Crippen LogP contribution is 2.39. The monoisotopic (exact) mass is 557 g/mol. The number of alkyl halides is 1. The number of hydrogen-bond donors (Lipinski definition) is 2. The van der Waals surface area contributed by atoms with Gasteiger partial charge in [-0.05, 0) is 49.3 Å². The Bertz CT molecular complexity index is 1480. The Morgan fingerprint density at radius 1 is 1.21 bits per heavy atom. The smallest absolute Gasteiger partial charge is 0.233 e. The molecule has 0 saturated carbocycles. The molecule has 5 rings (SSSR count). The van der Waals surface area contributed by atoms with Crippen molar-refractivity contribution in [2.75, 3.05) is 46.8 Å². The van der Waals surface area contributed by atoms with Gasteiger partial charge >= 0.3 is 0 Å². The van der Waals surface area contributed by atoms with Crippen LogP contribution in [-0.4, -0.2) is 82.9 Å². The van der Waals surface area contributed by atoms with Crippen molar-refractivity contribution in [1.29, 1.82) is 0 Å². The number of aromatic nitrogens is 4. The largest absolute Gasteiger partial charge is 0.387 e. The van der Waals surface area contributed by atoms with Crippen LogP contribution in [0.25, 0.3) is 10.8 Å². The molecule has 0 aliphatic carbocycles. The van der Waals surface area contributed by atoms with Crippen molar-refractivity contribution in [3.8, 4) is 0 Å². The maximum absolute atomic E-state index is 14.4. The minimum absolute atomic E-state index is 0.00513. The van der Waals surface area contributed by atoms with Gasteiger partial charge in [-0.15, -0.1) is 0 Å². The first-order valence-electron chi connectivity index (χ1n) is 13.3. The summed E-state index contributed by atoms with van der Waals surface area (Å²) in [5.41, 5.74) is 0.857. The Hall–Kier alpha value is -3.12. The number of fused-ring (bicyclic) bond motifs is 1. The fraction of sp³-hybridized carbons (Fsp3) is 0.556. The summed E-state index contributed by atoms with van der Waals surface area (Å²) in [6, 6.07) is 6.32. The molecule has 39 heavy (non-hydrogen) atoms. The molecule has 3 aromatic rings. The topological polar surface area (TPSA) is 124 Å². The average Bonchev–Trinajstić information content (AvgIpc) is 2.86. The minimum atomic E-state index is -3.03. The average molecular weight is 558 g/mol. The van der Waals surface area contributed by atoms with E-state index in [-0.39, 0.29) is 36.6 Å². The van der Waals surface area contributed by atoms with Crippen LogP contribution >= 0.6 is 0 Å². The summed E-state index contributed by atoms with van der Waals surface area (Å²) in [6.07, 6.45) is 3.37. The van der Waals surface area contributed by atoms with Gasteiger partial charge in [0.1, 0.15) is 28.2 Å². The fourth-order valence-corrected chi connectivity index (χ4v) is 6.61. The standard InChI is InChI=1S/C27H36FN7O3S/c1-16(2)19-6-7-22(35-12-18(17(35)3)14-39(5,37)38)21-11-29-24(10-20(19)21)32-25-30-15-31-26(33-25)34-9-8-27(4,36)23(28)13-34/h6-7,10-11,15-18,23,36H,8-9,12-14H2,1-5H3,(H,29,30,31,32,33)/t17-,18-,23-,27+/m1/s1. The van der Waals surface area contributed by atoms with E-state index >= 15 is 0 Å². The van der Waals surface area contributed by atoms with Crippen molar-refractivity contribution >= 4 is 44.0 Å². The molecule has 0 amide bonds. The maximum atomic E-state index is 14.4. The molecule has 0 unspecified atom stereocenters. The number of aliphatic hydroxyl groups is 1. The molecule has 4 atom stereocenters. The van der Waals surface area contributed by atoms with Crippen molar-refractivity contribution in [1.82, 2.24) is 19.9 Å². The normalized spacial score (nSPS) is 25.7. The van der Waals surface area contributed by atoms with Crippen LogP contribution in [0.1, 0.15) is 45.6 Å². The molecule has 2 fully saturated rings. The number of anilines is 4. The molecule has 0 spiro atoms. The van der Waals surface area contributed by atoms with Crippen LogP contribution < -0.4 is 15.1 Å². The van der Waals surface area contributed by atoms with Gasteiger partial charge in [-0.3, -0.25) is 0 Å². The molecular formula is C27H36FN7O3S. The third-order valence-corrected chi connectivity index (χ3v) is 9.02. The van der Waals surface area contributed by atoms with Crippen molar-refractivity contribution in [3.05, 3.63) is 36.3 Å². The van der Waals surface area contributed by atoms with Gasteiger partial charge in [0.15, 0.2) is 0 Å². The van der Waals surface area contributed by atoms with Gasteiger partial charge in [0.2, 0.25) is 11.9 Å². The minimum Gasteiger partial charge on any atom is -0.387 e. The Morgan fingerprint density at radius 3 is 2.64 bits per heavy atom. The lowest BCUT2D eigenvalue weighted by atomic mass is 9.88. The van der Waals surface area contributed by atoms with Gasteiger partial charge in [-0.1, -0.05) is 19.9 Å². The second kappa shape index (κ2) is 10.1. The van der Waals surface area contributed by atoms with Crippen molar-refractivity contribution in [2.45, 2.75) is 57.8 Å². The Balaban J connectivity index is 1.40. The predicted molar refractivity (Wildman–Crippen MR) is 151 cm³/mol. The van der Waals surface area contributed by atoms with E-state index in [1.165, 1.54) is 25.1 Å². The summed E-state index contributed by atoms with van der Waals surface area (Å²) >= 11 is 0. The van der Waals surface area contributed by atoms with E-state index in [4.69, 9.17) is 0 Å². The molecule has 10 nitrogen and oxygen atoms in total. The van der Waals surface area contributed by atoms with Crippen LogP contribution in [0.4, 0.5) is 27.8 Å². The van der Waals surface area contributed by atoms with Crippen LogP contribution in [0.3, 0.4) is 0 Å². The number of piperidine rings is 1. The highest BCUT2D eigenvalue weighted by Gasteiger charge is 2.39. The molecular weight excluding hydrogens is 521 g/mol. The SMILES string of the molecule is CC(C)c1ccc(N2C[C@H](CS(C)(=O)=O)[C@H]2C)c2cnc(Nc3ncnc(N4CC[C@](C)(O)[C@H](F)C4)n3)cc12. The fourth-order valence-electron chi connectivity index (χ4n) is 5.45. The van der Waals surface area contributed by atoms with E-state index in [1.54, 1.807) is 4.90 Å². The zero-order chi connectivity index (χ0) is 28.1. The lowest BCUT2D eigenvalue weighted by Crippen LogP contribution is -2.57. The third-order valence-electron chi connectivity index (χ3n) is 7.99. The molecule has 210 valence electrons. The van der Waals surface area contributed by atoms with E-state index in [0.29, 0.717) is 30.8 Å². The molecule has 1 aromatic carbocycles. The van der Waals surface area contributed by atoms with Gasteiger partial charge < -0.3 is 20.2 Å². The number of nitrogens with zero attached hydrogens (tertiary/aromatic N) is 6. The maximum Gasteiger partial charge on any atom is 0.233 e. The molecule has 12 heteroatoms. The van der Waals surface area contributed by atoms with Crippen LogP contribution in [-0.2, 0) is 9.84 Å². The summed E-state index contributed by atoms with van der Waals surface area (Å²) in [4.78, 5) is 21.5. The second-order valence-electron chi connectivity index (χ2n) is 11.4. The number of benzene rings is 1. The first-order valence-corrected chi connectivity index (χ1v) is 15.3. The number of halogens is 1. The Labute approximate surface area is 228 Å².